The Kier molecular flexibility index (Phi) is 5.20. The number of benzene rings is 1. The third-order valence-corrected chi connectivity index (χ3v) is 1.88. The van der Waals surface area contributed by atoms with Gasteiger partial charge in [-0.15, -0.1) is 0 Å². The first-order valence-electron chi connectivity index (χ1n) is 2.94. The number of alkyl halides is 1. The first-order chi connectivity index (χ1) is 4.33. The second-order valence-electron chi connectivity index (χ2n) is 2.12. The Morgan fingerprint density at radius 1 is 1.40 bits per heavy atom. The molecule has 0 spiro atoms. The van der Waals surface area contributed by atoms with E-state index in [0.717, 1.165) is 5.33 Å². The molecule has 0 aromatic heterocycles. The summed E-state index contributed by atoms with van der Waals surface area (Å²) in [5.41, 5.74) is 2.67. The van der Waals surface area contributed by atoms with Crippen molar-refractivity contribution in [1.82, 2.24) is 0 Å². The smallest absolute Gasteiger partial charge is 0.0283 e. The Morgan fingerprint density at radius 2 is 2.10 bits per heavy atom. The topological polar surface area (TPSA) is 0 Å². The van der Waals surface area contributed by atoms with E-state index in [0.29, 0.717) is 0 Å². The summed E-state index contributed by atoms with van der Waals surface area (Å²) in [6, 6.07) is 8.47. The minimum atomic E-state index is 0. The summed E-state index contributed by atoms with van der Waals surface area (Å²) >= 11 is 3.39. The molecule has 0 aliphatic carbocycles. The molecule has 1 aromatic carbocycles. The van der Waals surface area contributed by atoms with Gasteiger partial charge in [0.05, 0.1) is 0 Å². The van der Waals surface area contributed by atoms with Gasteiger partial charge in [0.1, 0.15) is 0 Å². The van der Waals surface area contributed by atoms with Crippen molar-refractivity contribution in [2.45, 2.75) is 12.3 Å². The van der Waals surface area contributed by atoms with Gasteiger partial charge in [-0.3, -0.25) is 0 Å². The third-order valence-electron chi connectivity index (χ3n) is 1.24. The van der Waals surface area contributed by atoms with Crippen LogP contribution in [0.1, 0.15) is 11.1 Å². The molecule has 0 atom stereocenters. The number of hydrogen-bond donors (Lipinski definition) is 0. The maximum atomic E-state index is 3.39. The molecule has 0 nitrogen and oxygen atoms in total. The monoisotopic (exact) mass is 248 g/mol. The SMILES string of the molecule is Cc1cccc(CBr)c1.[Zn]. The van der Waals surface area contributed by atoms with Crippen LogP contribution in [0.4, 0.5) is 0 Å². The molecule has 0 aliphatic rings. The van der Waals surface area contributed by atoms with Gasteiger partial charge in [-0.05, 0) is 12.5 Å². The van der Waals surface area contributed by atoms with Crippen LogP contribution in [-0.2, 0) is 24.8 Å². The minimum Gasteiger partial charge on any atom is -0.0876 e. The van der Waals surface area contributed by atoms with Crippen molar-refractivity contribution in [3.63, 3.8) is 0 Å². The summed E-state index contributed by atoms with van der Waals surface area (Å²) < 4.78 is 0. The van der Waals surface area contributed by atoms with Gasteiger partial charge in [-0.2, -0.15) is 0 Å². The van der Waals surface area contributed by atoms with E-state index in [4.69, 9.17) is 0 Å². The Balaban J connectivity index is 0.000000810. The van der Waals surface area contributed by atoms with Crippen LogP contribution in [0.15, 0.2) is 24.3 Å². The van der Waals surface area contributed by atoms with E-state index in [2.05, 4.69) is 47.1 Å². The van der Waals surface area contributed by atoms with Crippen LogP contribution in [0.2, 0.25) is 0 Å². The zero-order chi connectivity index (χ0) is 6.69. The summed E-state index contributed by atoms with van der Waals surface area (Å²) in [4.78, 5) is 0. The van der Waals surface area contributed by atoms with Gasteiger partial charge < -0.3 is 0 Å². The average molecular weight is 250 g/mol. The van der Waals surface area contributed by atoms with Crippen LogP contribution < -0.4 is 0 Å². The molecule has 0 unspecified atom stereocenters. The van der Waals surface area contributed by atoms with E-state index in [1.807, 2.05) is 0 Å². The fourth-order valence-electron chi connectivity index (χ4n) is 0.795. The number of halogens is 1. The predicted molar refractivity (Wildman–Crippen MR) is 43.8 cm³/mol. The van der Waals surface area contributed by atoms with Gasteiger partial charge in [0.2, 0.25) is 0 Å². The Bertz CT molecular complexity index is 198. The Hall–Kier alpha value is 0.323. The van der Waals surface area contributed by atoms with E-state index in [1.54, 1.807) is 0 Å². The van der Waals surface area contributed by atoms with Gasteiger partial charge in [-0.25, -0.2) is 0 Å². The quantitative estimate of drug-likeness (QED) is 0.531. The summed E-state index contributed by atoms with van der Waals surface area (Å²) in [6.45, 7) is 2.10. The van der Waals surface area contributed by atoms with Crippen LogP contribution in [0.5, 0.6) is 0 Å². The molecule has 0 fully saturated rings. The summed E-state index contributed by atoms with van der Waals surface area (Å²) in [5.74, 6) is 0. The van der Waals surface area contributed by atoms with Crippen molar-refractivity contribution in [2.75, 3.05) is 0 Å². The van der Waals surface area contributed by atoms with E-state index in [1.165, 1.54) is 11.1 Å². The van der Waals surface area contributed by atoms with Crippen molar-refractivity contribution in [3.8, 4) is 0 Å². The first kappa shape index (κ1) is 10.3. The molecular weight excluding hydrogens is 241 g/mol. The van der Waals surface area contributed by atoms with Gasteiger partial charge >= 0.3 is 0 Å². The zero-order valence-electron chi connectivity index (χ0n) is 6.10. The van der Waals surface area contributed by atoms with Crippen molar-refractivity contribution in [2.24, 2.45) is 0 Å². The van der Waals surface area contributed by atoms with Crippen molar-refractivity contribution in [1.29, 1.82) is 0 Å². The van der Waals surface area contributed by atoms with E-state index in [-0.39, 0.29) is 19.5 Å². The Morgan fingerprint density at radius 3 is 2.50 bits per heavy atom. The molecular formula is C8H9BrZn. The molecule has 1 rings (SSSR count). The largest absolute Gasteiger partial charge is 0.0876 e. The molecule has 0 radical (unpaired) electrons. The second-order valence-corrected chi connectivity index (χ2v) is 2.68. The summed E-state index contributed by atoms with van der Waals surface area (Å²) in [7, 11) is 0. The second kappa shape index (κ2) is 5.04. The molecule has 0 bridgehead atoms. The molecule has 0 saturated heterocycles. The number of aryl methyl sites for hydroxylation is 1. The van der Waals surface area contributed by atoms with Crippen molar-refractivity contribution >= 4 is 15.9 Å². The third kappa shape index (κ3) is 2.94. The maximum Gasteiger partial charge on any atom is 0.0283 e. The molecule has 0 saturated carbocycles. The summed E-state index contributed by atoms with van der Waals surface area (Å²) in [6.07, 6.45) is 0. The van der Waals surface area contributed by atoms with E-state index >= 15 is 0 Å². The summed E-state index contributed by atoms with van der Waals surface area (Å²) in [5, 5.41) is 0.953. The fraction of sp³-hybridized carbons (Fsp3) is 0.250. The van der Waals surface area contributed by atoms with Gasteiger partial charge in [0.15, 0.2) is 0 Å². The van der Waals surface area contributed by atoms with Crippen LogP contribution in [-0.4, -0.2) is 0 Å². The number of rotatable bonds is 1. The minimum absolute atomic E-state index is 0. The molecule has 0 amide bonds. The molecule has 1 aromatic rings. The van der Waals surface area contributed by atoms with Gasteiger partial charge in [0, 0.05) is 24.8 Å². The maximum absolute atomic E-state index is 3.39. The van der Waals surface area contributed by atoms with E-state index in [9.17, 15) is 0 Å². The molecule has 0 heterocycles. The van der Waals surface area contributed by atoms with Gasteiger partial charge in [0.25, 0.3) is 0 Å². The van der Waals surface area contributed by atoms with Crippen LogP contribution in [0.3, 0.4) is 0 Å². The van der Waals surface area contributed by atoms with Crippen LogP contribution in [0, 0.1) is 6.92 Å². The predicted octanol–water partition coefficient (Wildman–Crippen LogP) is 2.89. The molecule has 2 heteroatoms. The molecule has 10 heavy (non-hydrogen) atoms. The first-order valence-corrected chi connectivity index (χ1v) is 4.06. The standard InChI is InChI=1S/C8H9Br.Zn/c1-7-3-2-4-8(5-7)6-9;/h2-5H,6H2,1H3;. The normalized spacial score (nSPS) is 8.60. The zero-order valence-corrected chi connectivity index (χ0v) is 10.7. The van der Waals surface area contributed by atoms with Crippen LogP contribution in [0.25, 0.3) is 0 Å². The fourth-order valence-corrected chi connectivity index (χ4v) is 1.14. The van der Waals surface area contributed by atoms with Gasteiger partial charge in [-0.1, -0.05) is 45.8 Å². The molecule has 0 N–H and O–H groups in total. The van der Waals surface area contributed by atoms with Crippen LogP contribution >= 0.6 is 15.9 Å². The average Bonchev–Trinajstić information content (AvgIpc) is 1.88. The van der Waals surface area contributed by atoms with Crippen molar-refractivity contribution in [3.05, 3.63) is 35.4 Å². The molecule has 50 valence electrons. The number of hydrogen-bond acceptors (Lipinski definition) is 0. The molecule has 0 aliphatic heterocycles. The van der Waals surface area contributed by atoms with E-state index < -0.39 is 0 Å². The van der Waals surface area contributed by atoms with Crippen molar-refractivity contribution < 1.29 is 19.5 Å². The Labute approximate surface area is 82.9 Å².